The van der Waals surface area contributed by atoms with Crippen molar-refractivity contribution < 1.29 is 9.47 Å². The molecule has 3 nitrogen and oxygen atoms in total. The van der Waals surface area contributed by atoms with Gasteiger partial charge in [0.2, 0.25) is 0 Å². The van der Waals surface area contributed by atoms with Crippen LogP contribution in [0, 0.1) is 0 Å². The molecule has 0 heterocycles. The number of benzene rings is 2. The van der Waals surface area contributed by atoms with Crippen molar-refractivity contribution in [1.82, 2.24) is 0 Å². The number of nitrogens with two attached hydrogens (primary N) is 1. The first-order valence-corrected chi connectivity index (χ1v) is 6.96. The zero-order chi connectivity index (χ0) is 14.2. The standard InChI is InChI=1S/C17H21NO2/c1-2-12-19-16-10-8-14(9-11-16)17(18)13-20-15-6-4-3-5-7-15/h3-11,17H,2,12-13,18H2,1H3. The average molecular weight is 271 g/mol. The summed E-state index contributed by atoms with van der Waals surface area (Å²) in [6, 6.07) is 17.4. The van der Waals surface area contributed by atoms with Gasteiger partial charge in [0.1, 0.15) is 18.1 Å². The van der Waals surface area contributed by atoms with Crippen LogP contribution in [-0.4, -0.2) is 13.2 Å². The molecule has 2 aromatic rings. The highest BCUT2D eigenvalue weighted by Gasteiger charge is 2.07. The summed E-state index contributed by atoms with van der Waals surface area (Å²) in [6.07, 6.45) is 1.01. The Bertz CT molecular complexity index is 496. The summed E-state index contributed by atoms with van der Waals surface area (Å²) in [5, 5.41) is 0. The topological polar surface area (TPSA) is 44.5 Å². The van der Waals surface area contributed by atoms with Gasteiger partial charge in [-0.2, -0.15) is 0 Å². The lowest BCUT2D eigenvalue weighted by molar-refractivity contribution is 0.290. The molecule has 0 spiro atoms. The van der Waals surface area contributed by atoms with Crippen LogP contribution in [0.4, 0.5) is 0 Å². The molecule has 0 aliphatic rings. The molecule has 0 aromatic heterocycles. The molecule has 0 aliphatic carbocycles. The molecule has 20 heavy (non-hydrogen) atoms. The SMILES string of the molecule is CCCOc1ccc(C(N)COc2ccccc2)cc1. The van der Waals surface area contributed by atoms with Crippen LogP contribution in [0.15, 0.2) is 54.6 Å². The van der Waals surface area contributed by atoms with Gasteiger partial charge in [0.05, 0.1) is 12.6 Å². The normalized spacial score (nSPS) is 11.9. The minimum Gasteiger partial charge on any atom is -0.494 e. The van der Waals surface area contributed by atoms with Crippen molar-refractivity contribution in [2.24, 2.45) is 5.73 Å². The van der Waals surface area contributed by atoms with E-state index in [9.17, 15) is 0 Å². The van der Waals surface area contributed by atoms with E-state index in [-0.39, 0.29) is 6.04 Å². The van der Waals surface area contributed by atoms with E-state index in [0.717, 1.165) is 30.1 Å². The molecule has 0 saturated carbocycles. The maximum atomic E-state index is 6.13. The number of rotatable bonds is 7. The van der Waals surface area contributed by atoms with Crippen LogP contribution in [0.1, 0.15) is 24.9 Å². The van der Waals surface area contributed by atoms with Crippen molar-refractivity contribution in [2.75, 3.05) is 13.2 Å². The first-order valence-electron chi connectivity index (χ1n) is 6.96. The fraction of sp³-hybridized carbons (Fsp3) is 0.294. The van der Waals surface area contributed by atoms with Crippen molar-refractivity contribution in [3.05, 3.63) is 60.2 Å². The fourth-order valence-electron chi connectivity index (χ4n) is 1.83. The Balaban J connectivity index is 1.87. The van der Waals surface area contributed by atoms with E-state index in [4.69, 9.17) is 15.2 Å². The van der Waals surface area contributed by atoms with Gasteiger partial charge in [-0.25, -0.2) is 0 Å². The molecule has 0 saturated heterocycles. The molecule has 3 heteroatoms. The van der Waals surface area contributed by atoms with Gasteiger partial charge in [-0.15, -0.1) is 0 Å². The predicted octanol–water partition coefficient (Wildman–Crippen LogP) is 3.55. The third-order valence-corrected chi connectivity index (χ3v) is 2.95. The number of hydrogen-bond donors (Lipinski definition) is 1. The third-order valence-electron chi connectivity index (χ3n) is 2.95. The molecular weight excluding hydrogens is 250 g/mol. The minimum absolute atomic E-state index is 0.143. The first-order chi connectivity index (χ1) is 9.79. The van der Waals surface area contributed by atoms with E-state index < -0.39 is 0 Å². The van der Waals surface area contributed by atoms with Gasteiger partial charge in [-0.05, 0) is 36.2 Å². The Hall–Kier alpha value is -2.00. The quantitative estimate of drug-likeness (QED) is 0.837. The Labute approximate surface area is 120 Å². The lowest BCUT2D eigenvalue weighted by Gasteiger charge is -2.14. The largest absolute Gasteiger partial charge is 0.494 e. The Morgan fingerprint density at radius 1 is 0.900 bits per heavy atom. The summed E-state index contributed by atoms with van der Waals surface area (Å²) in [7, 11) is 0. The number of ether oxygens (including phenoxy) is 2. The molecule has 0 aliphatic heterocycles. The van der Waals surface area contributed by atoms with Gasteiger partial charge in [0, 0.05) is 0 Å². The Morgan fingerprint density at radius 3 is 2.20 bits per heavy atom. The average Bonchev–Trinajstić information content (AvgIpc) is 2.52. The van der Waals surface area contributed by atoms with Gasteiger partial charge >= 0.3 is 0 Å². The minimum atomic E-state index is -0.143. The molecule has 2 N–H and O–H groups in total. The summed E-state index contributed by atoms with van der Waals surface area (Å²) < 4.78 is 11.2. The maximum Gasteiger partial charge on any atom is 0.119 e. The predicted molar refractivity (Wildman–Crippen MR) is 81.1 cm³/mol. The van der Waals surface area contributed by atoms with Crippen LogP contribution in [0.5, 0.6) is 11.5 Å². The van der Waals surface area contributed by atoms with Crippen LogP contribution >= 0.6 is 0 Å². The Morgan fingerprint density at radius 2 is 1.55 bits per heavy atom. The van der Waals surface area contributed by atoms with Crippen molar-refractivity contribution in [2.45, 2.75) is 19.4 Å². The van der Waals surface area contributed by atoms with Crippen molar-refractivity contribution in [3.63, 3.8) is 0 Å². The van der Waals surface area contributed by atoms with Crippen LogP contribution in [0.2, 0.25) is 0 Å². The van der Waals surface area contributed by atoms with E-state index in [0.29, 0.717) is 6.61 Å². The highest BCUT2D eigenvalue weighted by molar-refractivity contribution is 5.29. The van der Waals surface area contributed by atoms with Crippen molar-refractivity contribution in [1.29, 1.82) is 0 Å². The number of hydrogen-bond acceptors (Lipinski definition) is 3. The molecule has 0 fully saturated rings. The van der Waals surface area contributed by atoms with Crippen molar-refractivity contribution in [3.8, 4) is 11.5 Å². The summed E-state index contributed by atoms with van der Waals surface area (Å²) in [4.78, 5) is 0. The summed E-state index contributed by atoms with van der Waals surface area (Å²) >= 11 is 0. The Kier molecular flexibility index (Phi) is 5.44. The van der Waals surface area contributed by atoms with Crippen molar-refractivity contribution >= 4 is 0 Å². The van der Waals surface area contributed by atoms with Gasteiger partial charge in [-0.3, -0.25) is 0 Å². The molecule has 106 valence electrons. The molecule has 1 unspecified atom stereocenters. The van der Waals surface area contributed by atoms with E-state index >= 15 is 0 Å². The van der Waals surface area contributed by atoms with E-state index in [1.807, 2.05) is 54.6 Å². The van der Waals surface area contributed by atoms with Crippen LogP contribution in [0.25, 0.3) is 0 Å². The van der Waals surface area contributed by atoms with E-state index in [1.165, 1.54) is 0 Å². The summed E-state index contributed by atoms with van der Waals surface area (Å²) in [5.74, 6) is 1.72. The number of para-hydroxylation sites is 1. The van der Waals surface area contributed by atoms with Gasteiger partial charge < -0.3 is 15.2 Å². The fourth-order valence-corrected chi connectivity index (χ4v) is 1.83. The molecule has 0 bridgehead atoms. The molecule has 0 amide bonds. The molecule has 2 aromatic carbocycles. The van der Waals surface area contributed by atoms with Gasteiger partial charge in [-0.1, -0.05) is 37.3 Å². The smallest absolute Gasteiger partial charge is 0.119 e. The molecule has 0 radical (unpaired) electrons. The lowest BCUT2D eigenvalue weighted by atomic mass is 10.1. The monoisotopic (exact) mass is 271 g/mol. The second-order valence-electron chi connectivity index (χ2n) is 4.65. The second kappa shape index (κ2) is 7.56. The van der Waals surface area contributed by atoms with E-state index in [2.05, 4.69) is 6.92 Å². The van der Waals surface area contributed by atoms with Crippen LogP contribution < -0.4 is 15.2 Å². The van der Waals surface area contributed by atoms with Gasteiger partial charge in [0.15, 0.2) is 0 Å². The van der Waals surface area contributed by atoms with Crippen LogP contribution in [-0.2, 0) is 0 Å². The molecular formula is C17H21NO2. The first kappa shape index (κ1) is 14.4. The highest BCUT2D eigenvalue weighted by Crippen LogP contribution is 2.18. The highest BCUT2D eigenvalue weighted by atomic mass is 16.5. The zero-order valence-corrected chi connectivity index (χ0v) is 11.8. The lowest BCUT2D eigenvalue weighted by Crippen LogP contribution is -2.18. The summed E-state index contributed by atoms with van der Waals surface area (Å²) in [5.41, 5.74) is 7.17. The van der Waals surface area contributed by atoms with Crippen LogP contribution in [0.3, 0.4) is 0 Å². The zero-order valence-electron chi connectivity index (χ0n) is 11.8. The molecule has 2 rings (SSSR count). The summed E-state index contributed by atoms with van der Waals surface area (Å²) in [6.45, 7) is 3.28. The van der Waals surface area contributed by atoms with E-state index in [1.54, 1.807) is 0 Å². The third kappa shape index (κ3) is 4.28. The second-order valence-corrected chi connectivity index (χ2v) is 4.65. The molecule has 1 atom stereocenters. The van der Waals surface area contributed by atoms with Gasteiger partial charge in [0.25, 0.3) is 0 Å². The maximum absolute atomic E-state index is 6.13.